The standard InChI is InChI=1S/C7H6N2OS/c10-4-1-2-5(11)7-6(4)8-3-9-7/h1-3,10-11H,(H,8,9). The van der Waals surface area contributed by atoms with Crippen molar-refractivity contribution in [2.45, 2.75) is 4.90 Å². The summed E-state index contributed by atoms with van der Waals surface area (Å²) in [4.78, 5) is 7.59. The summed E-state index contributed by atoms with van der Waals surface area (Å²) in [5.41, 5.74) is 1.34. The van der Waals surface area contributed by atoms with Crippen molar-refractivity contribution in [3.63, 3.8) is 0 Å². The number of nitrogens with one attached hydrogen (secondary N) is 1. The molecule has 1 heterocycles. The number of fused-ring (bicyclic) bond motifs is 1. The first-order chi connectivity index (χ1) is 5.29. The molecule has 2 rings (SSSR count). The second-order valence-corrected chi connectivity index (χ2v) is 2.71. The second kappa shape index (κ2) is 2.17. The number of imidazole rings is 1. The first-order valence-corrected chi connectivity index (χ1v) is 3.58. The van der Waals surface area contributed by atoms with Crippen molar-refractivity contribution in [2.75, 3.05) is 0 Å². The van der Waals surface area contributed by atoms with E-state index in [1.807, 2.05) is 0 Å². The fourth-order valence-electron chi connectivity index (χ4n) is 1.00. The van der Waals surface area contributed by atoms with Gasteiger partial charge in [-0.1, -0.05) is 0 Å². The van der Waals surface area contributed by atoms with Gasteiger partial charge in [-0.25, -0.2) is 4.98 Å². The Morgan fingerprint density at radius 1 is 1.45 bits per heavy atom. The molecule has 3 nitrogen and oxygen atoms in total. The van der Waals surface area contributed by atoms with Crippen molar-refractivity contribution in [3.05, 3.63) is 18.5 Å². The Balaban J connectivity index is 2.96. The molecule has 2 aromatic rings. The molecule has 0 aliphatic heterocycles. The molecular weight excluding hydrogens is 160 g/mol. The van der Waals surface area contributed by atoms with Crippen LogP contribution in [0.25, 0.3) is 11.0 Å². The highest BCUT2D eigenvalue weighted by molar-refractivity contribution is 7.80. The average Bonchev–Trinajstić information content (AvgIpc) is 2.45. The zero-order chi connectivity index (χ0) is 7.84. The Morgan fingerprint density at radius 2 is 2.27 bits per heavy atom. The number of H-pyrrole nitrogens is 1. The molecule has 11 heavy (non-hydrogen) atoms. The monoisotopic (exact) mass is 166 g/mol. The molecular formula is C7H6N2OS. The van der Waals surface area contributed by atoms with Crippen LogP contribution in [0.2, 0.25) is 0 Å². The maximum Gasteiger partial charge on any atom is 0.143 e. The first kappa shape index (κ1) is 6.54. The van der Waals surface area contributed by atoms with Crippen LogP contribution >= 0.6 is 12.6 Å². The van der Waals surface area contributed by atoms with E-state index in [1.165, 1.54) is 6.33 Å². The molecule has 0 fully saturated rings. The number of nitrogens with zero attached hydrogens (tertiary/aromatic N) is 1. The third kappa shape index (κ3) is 0.867. The number of thiol groups is 1. The molecule has 0 amide bonds. The number of aromatic amines is 1. The Morgan fingerprint density at radius 3 is 3.00 bits per heavy atom. The quantitative estimate of drug-likeness (QED) is 0.520. The van der Waals surface area contributed by atoms with Crippen molar-refractivity contribution in [3.8, 4) is 5.75 Å². The molecule has 0 saturated carbocycles. The van der Waals surface area contributed by atoms with Gasteiger partial charge in [0.05, 0.1) is 11.8 Å². The van der Waals surface area contributed by atoms with E-state index in [1.54, 1.807) is 12.1 Å². The van der Waals surface area contributed by atoms with Crippen LogP contribution in [0, 0.1) is 0 Å². The van der Waals surface area contributed by atoms with Gasteiger partial charge in [0.25, 0.3) is 0 Å². The Kier molecular flexibility index (Phi) is 1.29. The minimum atomic E-state index is 0.180. The van der Waals surface area contributed by atoms with Gasteiger partial charge < -0.3 is 10.1 Å². The smallest absolute Gasteiger partial charge is 0.143 e. The van der Waals surface area contributed by atoms with Crippen molar-refractivity contribution >= 4 is 23.7 Å². The van der Waals surface area contributed by atoms with Gasteiger partial charge in [0.1, 0.15) is 11.3 Å². The molecule has 0 spiro atoms. The summed E-state index contributed by atoms with van der Waals surface area (Å²) in [7, 11) is 0. The molecule has 0 saturated heterocycles. The second-order valence-electron chi connectivity index (χ2n) is 2.23. The van der Waals surface area contributed by atoms with Crippen molar-refractivity contribution in [1.29, 1.82) is 0 Å². The normalized spacial score (nSPS) is 10.6. The molecule has 0 unspecified atom stereocenters. The fourth-order valence-corrected chi connectivity index (χ4v) is 1.25. The number of rotatable bonds is 0. The Bertz CT molecular complexity index is 360. The maximum absolute atomic E-state index is 9.27. The number of phenolic OH excluding ortho intramolecular Hbond substituents is 1. The molecule has 56 valence electrons. The van der Waals surface area contributed by atoms with Crippen LogP contribution in [0.4, 0.5) is 0 Å². The van der Waals surface area contributed by atoms with E-state index in [9.17, 15) is 5.11 Å². The zero-order valence-corrected chi connectivity index (χ0v) is 6.47. The molecule has 0 atom stereocenters. The molecule has 0 aliphatic rings. The molecule has 1 aromatic carbocycles. The van der Waals surface area contributed by atoms with Gasteiger partial charge in [0.2, 0.25) is 0 Å². The predicted octanol–water partition coefficient (Wildman–Crippen LogP) is 1.56. The number of aromatic hydroxyl groups is 1. The molecule has 4 heteroatoms. The van der Waals surface area contributed by atoms with Gasteiger partial charge in [-0.3, -0.25) is 0 Å². The van der Waals surface area contributed by atoms with Crippen LogP contribution in [0.5, 0.6) is 5.75 Å². The lowest BCUT2D eigenvalue weighted by molar-refractivity contribution is 0.480. The van der Waals surface area contributed by atoms with Crippen LogP contribution < -0.4 is 0 Å². The van der Waals surface area contributed by atoms with E-state index < -0.39 is 0 Å². The van der Waals surface area contributed by atoms with Crippen molar-refractivity contribution in [1.82, 2.24) is 9.97 Å². The summed E-state index contributed by atoms with van der Waals surface area (Å²) >= 11 is 4.18. The zero-order valence-electron chi connectivity index (χ0n) is 5.57. The van der Waals surface area contributed by atoms with Gasteiger partial charge in [-0.05, 0) is 12.1 Å². The van der Waals surface area contributed by atoms with Gasteiger partial charge >= 0.3 is 0 Å². The van der Waals surface area contributed by atoms with Gasteiger partial charge in [-0.2, -0.15) is 0 Å². The van der Waals surface area contributed by atoms with Gasteiger partial charge in [0, 0.05) is 4.90 Å². The number of aromatic nitrogens is 2. The molecule has 2 N–H and O–H groups in total. The lowest BCUT2D eigenvalue weighted by Gasteiger charge is -1.94. The molecule has 0 bridgehead atoms. The van der Waals surface area contributed by atoms with E-state index in [2.05, 4.69) is 22.6 Å². The van der Waals surface area contributed by atoms with Crippen molar-refractivity contribution < 1.29 is 5.11 Å². The summed E-state index contributed by atoms with van der Waals surface area (Å²) in [5, 5.41) is 9.27. The summed E-state index contributed by atoms with van der Waals surface area (Å²) in [6.07, 6.45) is 1.53. The van der Waals surface area contributed by atoms with Crippen LogP contribution in [-0.2, 0) is 0 Å². The molecule has 1 aromatic heterocycles. The SMILES string of the molecule is Oc1ccc(S)c2[nH]cnc12. The van der Waals surface area contributed by atoms with E-state index in [4.69, 9.17) is 0 Å². The van der Waals surface area contributed by atoms with Crippen LogP contribution in [0.3, 0.4) is 0 Å². The van der Waals surface area contributed by atoms with Crippen molar-refractivity contribution in [2.24, 2.45) is 0 Å². The highest BCUT2D eigenvalue weighted by Crippen LogP contribution is 2.25. The number of phenols is 1. The number of hydrogen-bond donors (Lipinski definition) is 3. The highest BCUT2D eigenvalue weighted by Gasteiger charge is 2.03. The largest absolute Gasteiger partial charge is 0.506 e. The van der Waals surface area contributed by atoms with E-state index in [-0.39, 0.29) is 5.75 Å². The molecule has 0 aliphatic carbocycles. The topological polar surface area (TPSA) is 48.9 Å². The summed E-state index contributed by atoms with van der Waals surface area (Å²) in [6.45, 7) is 0. The fraction of sp³-hybridized carbons (Fsp3) is 0. The lowest BCUT2D eigenvalue weighted by Crippen LogP contribution is -1.73. The number of benzene rings is 1. The highest BCUT2D eigenvalue weighted by atomic mass is 32.1. The third-order valence-electron chi connectivity index (χ3n) is 1.54. The Hall–Kier alpha value is -1.16. The minimum Gasteiger partial charge on any atom is -0.506 e. The number of hydrogen-bond acceptors (Lipinski definition) is 3. The lowest BCUT2D eigenvalue weighted by atomic mass is 10.3. The summed E-state index contributed by atoms with van der Waals surface area (Å²) in [6, 6.07) is 3.30. The first-order valence-electron chi connectivity index (χ1n) is 3.13. The van der Waals surface area contributed by atoms with Gasteiger partial charge in [-0.15, -0.1) is 12.6 Å². The van der Waals surface area contributed by atoms with Crippen LogP contribution in [-0.4, -0.2) is 15.1 Å². The minimum absolute atomic E-state index is 0.180. The third-order valence-corrected chi connectivity index (χ3v) is 1.91. The summed E-state index contributed by atoms with van der Waals surface area (Å²) in [5.74, 6) is 0.180. The molecule has 0 radical (unpaired) electrons. The predicted molar refractivity (Wildman–Crippen MR) is 45.0 cm³/mol. The van der Waals surface area contributed by atoms with E-state index in [0.717, 1.165) is 10.4 Å². The van der Waals surface area contributed by atoms with E-state index >= 15 is 0 Å². The Labute approximate surface area is 68.5 Å². The maximum atomic E-state index is 9.27. The summed E-state index contributed by atoms with van der Waals surface area (Å²) < 4.78 is 0. The van der Waals surface area contributed by atoms with Crippen LogP contribution in [0.1, 0.15) is 0 Å². The van der Waals surface area contributed by atoms with Gasteiger partial charge in [0.15, 0.2) is 0 Å². The average molecular weight is 166 g/mol. The van der Waals surface area contributed by atoms with Crippen LogP contribution in [0.15, 0.2) is 23.4 Å². The van der Waals surface area contributed by atoms with E-state index in [0.29, 0.717) is 5.52 Å².